The van der Waals surface area contributed by atoms with Crippen molar-refractivity contribution in [2.45, 2.75) is 26.3 Å². The Labute approximate surface area is 116 Å². The summed E-state index contributed by atoms with van der Waals surface area (Å²) in [6.07, 6.45) is 0.552. The molecule has 0 bridgehead atoms. The molecule has 19 heavy (non-hydrogen) atoms. The largest absolute Gasteiger partial charge is 0.323 e. The van der Waals surface area contributed by atoms with Gasteiger partial charge in [-0.2, -0.15) is 0 Å². The van der Waals surface area contributed by atoms with E-state index in [4.69, 9.17) is 17.3 Å². The average Bonchev–Trinajstić information content (AvgIpc) is 2.30. The molecule has 0 aliphatic heterocycles. The molecule has 104 valence electrons. The average molecular weight is 286 g/mol. The number of halogens is 1. The van der Waals surface area contributed by atoms with Gasteiger partial charge in [-0.25, -0.2) is 0 Å². The number of amides is 1. The van der Waals surface area contributed by atoms with Gasteiger partial charge in [-0.3, -0.25) is 14.9 Å². The van der Waals surface area contributed by atoms with E-state index in [2.05, 4.69) is 5.32 Å². The van der Waals surface area contributed by atoms with Crippen molar-refractivity contribution in [1.29, 1.82) is 0 Å². The summed E-state index contributed by atoms with van der Waals surface area (Å²) in [6.45, 7) is 3.93. The quantitative estimate of drug-likeness (QED) is 0.641. The summed E-state index contributed by atoms with van der Waals surface area (Å²) in [5.41, 5.74) is 5.92. The number of rotatable bonds is 5. The summed E-state index contributed by atoms with van der Waals surface area (Å²) >= 11 is 5.87. The second-order valence-electron chi connectivity index (χ2n) is 4.65. The molecule has 7 heteroatoms. The molecule has 0 spiro atoms. The first-order valence-corrected chi connectivity index (χ1v) is 6.19. The van der Waals surface area contributed by atoms with Crippen LogP contribution in [0, 0.1) is 16.0 Å². The lowest BCUT2D eigenvalue weighted by atomic mass is 10.0. The number of hydrogen-bond acceptors (Lipinski definition) is 4. The third-order valence-electron chi connectivity index (χ3n) is 2.48. The van der Waals surface area contributed by atoms with E-state index in [-0.39, 0.29) is 16.6 Å². The summed E-state index contributed by atoms with van der Waals surface area (Å²) < 4.78 is 0. The Morgan fingerprint density at radius 1 is 1.53 bits per heavy atom. The normalized spacial score (nSPS) is 12.3. The fraction of sp³-hybridized carbons (Fsp3) is 0.417. The highest BCUT2D eigenvalue weighted by Crippen LogP contribution is 2.26. The highest BCUT2D eigenvalue weighted by Gasteiger charge is 2.17. The molecule has 0 radical (unpaired) electrons. The minimum absolute atomic E-state index is 0.110. The molecule has 6 nitrogen and oxygen atoms in total. The van der Waals surface area contributed by atoms with Crippen molar-refractivity contribution >= 4 is 28.9 Å². The van der Waals surface area contributed by atoms with Gasteiger partial charge in [0.1, 0.15) is 0 Å². The molecule has 1 aromatic rings. The maximum absolute atomic E-state index is 11.8. The number of benzene rings is 1. The zero-order valence-corrected chi connectivity index (χ0v) is 11.5. The lowest BCUT2D eigenvalue weighted by molar-refractivity contribution is -0.384. The Balaban J connectivity index is 2.77. The second kappa shape index (κ2) is 6.49. The number of nitrogens with two attached hydrogens (primary N) is 1. The fourth-order valence-electron chi connectivity index (χ4n) is 1.56. The number of carbonyl (C=O) groups is 1. The van der Waals surface area contributed by atoms with Crippen LogP contribution in [0.5, 0.6) is 0 Å². The van der Waals surface area contributed by atoms with Gasteiger partial charge < -0.3 is 11.1 Å². The summed E-state index contributed by atoms with van der Waals surface area (Å²) in [5, 5.41) is 13.2. The monoisotopic (exact) mass is 285 g/mol. The van der Waals surface area contributed by atoms with Crippen molar-refractivity contribution in [3.05, 3.63) is 33.3 Å². The zero-order chi connectivity index (χ0) is 14.6. The molecule has 0 saturated carbocycles. The molecule has 0 unspecified atom stereocenters. The maximum atomic E-state index is 11.8. The standard InChI is InChI=1S/C12H16ClN3O3/c1-7(2)5-10(14)12(17)15-11-4-3-8(16(18)19)6-9(11)13/h3-4,6-7,10H,5,14H2,1-2H3,(H,15,17)/t10-/m0/s1. The molecule has 3 N–H and O–H groups in total. The van der Waals surface area contributed by atoms with Crippen LogP contribution in [0.1, 0.15) is 20.3 Å². The van der Waals surface area contributed by atoms with Gasteiger partial charge in [0.2, 0.25) is 5.91 Å². The number of nitrogens with one attached hydrogen (secondary N) is 1. The van der Waals surface area contributed by atoms with Crippen LogP contribution >= 0.6 is 11.6 Å². The highest BCUT2D eigenvalue weighted by molar-refractivity contribution is 6.34. The zero-order valence-electron chi connectivity index (χ0n) is 10.7. The predicted octanol–water partition coefficient (Wildman–Crippen LogP) is 2.56. The van der Waals surface area contributed by atoms with Crippen LogP contribution in [0.3, 0.4) is 0 Å². The van der Waals surface area contributed by atoms with Crippen molar-refractivity contribution in [1.82, 2.24) is 0 Å². The van der Waals surface area contributed by atoms with Crippen LogP contribution in [-0.2, 0) is 4.79 Å². The molecule has 0 fully saturated rings. The Bertz CT molecular complexity index is 491. The smallest absolute Gasteiger partial charge is 0.271 e. The Morgan fingerprint density at radius 2 is 2.16 bits per heavy atom. The van der Waals surface area contributed by atoms with Gasteiger partial charge >= 0.3 is 0 Å². The summed E-state index contributed by atoms with van der Waals surface area (Å²) in [5.74, 6) is -0.0578. The molecular formula is C12H16ClN3O3. The van der Waals surface area contributed by atoms with Gasteiger partial charge in [-0.15, -0.1) is 0 Å². The van der Waals surface area contributed by atoms with Crippen molar-refractivity contribution in [3.8, 4) is 0 Å². The first-order chi connectivity index (χ1) is 8.81. The van der Waals surface area contributed by atoms with E-state index in [1.165, 1.54) is 18.2 Å². The topological polar surface area (TPSA) is 98.3 Å². The van der Waals surface area contributed by atoms with Gasteiger partial charge in [0.25, 0.3) is 5.69 Å². The summed E-state index contributed by atoms with van der Waals surface area (Å²) in [7, 11) is 0. The molecule has 0 aliphatic carbocycles. The molecule has 0 aliphatic rings. The lowest BCUT2D eigenvalue weighted by Crippen LogP contribution is -2.36. The van der Waals surface area contributed by atoms with Gasteiger partial charge in [0.15, 0.2) is 0 Å². The van der Waals surface area contributed by atoms with E-state index in [1.807, 2.05) is 13.8 Å². The van der Waals surface area contributed by atoms with Gasteiger partial charge in [-0.1, -0.05) is 25.4 Å². The Morgan fingerprint density at radius 3 is 2.63 bits per heavy atom. The van der Waals surface area contributed by atoms with Crippen LogP contribution in [0.2, 0.25) is 5.02 Å². The number of non-ortho nitro benzene ring substituents is 1. The van der Waals surface area contributed by atoms with Crippen molar-refractivity contribution < 1.29 is 9.72 Å². The first kappa shape index (κ1) is 15.4. The van der Waals surface area contributed by atoms with Crippen molar-refractivity contribution in [2.75, 3.05) is 5.32 Å². The van der Waals surface area contributed by atoms with Gasteiger partial charge in [-0.05, 0) is 18.4 Å². The van der Waals surface area contributed by atoms with E-state index in [1.54, 1.807) is 0 Å². The minimum atomic E-state index is -0.633. The highest BCUT2D eigenvalue weighted by atomic mass is 35.5. The predicted molar refractivity (Wildman–Crippen MR) is 74.2 cm³/mol. The first-order valence-electron chi connectivity index (χ1n) is 5.81. The van der Waals surface area contributed by atoms with E-state index < -0.39 is 11.0 Å². The Hall–Kier alpha value is -1.66. The minimum Gasteiger partial charge on any atom is -0.323 e. The van der Waals surface area contributed by atoms with E-state index in [0.717, 1.165) is 0 Å². The lowest BCUT2D eigenvalue weighted by Gasteiger charge is -2.14. The van der Waals surface area contributed by atoms with Crippen LogP contribution in [0.4, 0.5) is 11.4 Å². The Kier molecular flexibility index (Phi) is 5.26. The molecule has 0 heterocycles. The van der Waals surface area contributed by atoms with Crippen LogP contribution < -0.4 is 11.1 Å². The third-order valence-corrected chi connectivity index (χ3v) is 2.80. The van der Waals surface area contributed by atoms with Crippen molar-refractivity contribution in [2.24, 2.45) is 11.7 Å². The number of hydrogen-bond donors (Lipinski definition) is 2. The number of nitrogens with zero attached hydrogens (tertiary/aromatic N) is 1. The van der Waals surface area contributed by atoms with Gasteiger partial charge in [0.05, 0.1) is 21.7 Å². The third kappa shape index (κ3) is 4.50. The van der Waals surface area contributed by atoms with Crippen LogP contribution in [-0.4, -0.2) is 16.9 Å². The van der Waals surface area contributed by atoms with Crippen LogP contribution in [0.25, 0.3) is 0 Å². The number of carbonyl (C=O) groups excluding carboxylic acids is 1. The fourth-order valence-corrected chi connectivity index (χ4v) is 1.78. The number of anilines is 1. The number of nitro benzene ring substituents is 1. The molecule has 0 aromatic heterocycles. The molecule has 1 atom stereocenters. The summed E-state index contributed by atoms with van der Waals surface area (Å²) in [4.78, 5) is 21.8. The van der Waals surface area contributed by atoms with E-state index in [0.29, 0.717) is 18.0 Å². The molecule has 0 saturated heterocycles. The number of nitro groups is 1. The maximum Gasteiger partial charge on any atom is 0.271 e. The summed E-state index contributed by atoms with van der Waals surface area (Å²) in [6, 6.07) is 3.22. The molecule has 1 amide bonds. The molecular weight excluding hydrogens is 270 g/mol. The second-order valence-corrected chi connectivity index (χ2v) is 5.05. The van der Waals surface area contributed by atoms with Gasteiger partial charge in [0, 0.05) is 12.1 Å². The van der Waals surface area contributed by atoms with E-state index in [9.17, 15) is 14.9 Å². The van der Waals surface area contributed by atoms with Crippen LogP contribution in [0.15, 0.2) is 18.2 Å². The van der Waals surface area contributed by atoms with E-state index >= 15 is 0 Å². The SMILES string of the molecule is CC(C)C[C@H](N)C(=O)Nc1ccc([N+](=O)[O-])cc1Cl. The molecule has 1 aromatic carbocycles. The molecule has 1 rings (SSSR count). The van der Waals surface area contributed by atoms with Crippen molar-refractivity contribution in [3.63, 3.8) is 0 Å².